The Kier molecular flexibility index (Phi) is 4.23. The van der Waals surface area contributed by atoms with Gasteiger partial charge in [0.1, 0.15) is 0 Å². The predicted octanol–water partition coefficient (Wildman–Crippen LogP) is 0.687. The van der Waals surface area contributed by atoms with Crippen molar-refractivity contribution in [2.45, 2.75) is 50.8 Å². The summed E-state index contributed by atoms with van der Waals surface area (Å²) >= 11 is 0. The second-order valence-corrected chi connectivity index (χ2v) is 5.15. The number of nitrogens with two attached hydrogens (primary N) is 1. The minimum atomic E-state index is -0.0305. The summed E-state index contributed by atoms with van der Waals surface area (Å²) in [5.74, 6) is 0. The van der Waals surface area contributed by atoms with Gasteiger partial charge in [-0.1, -0.05) is 12.8 Å². The van der Waals surface area contributed by atoms with Crippen LogP contribution in [0.15, 0.2) is 0 Å². The number of carbonyl (C=O) groups is 1. The molecule has 0 aromatic carbocycles. The van der Waals surface area contributed by atoms with Gasteiger partial charge in [-0.3, -0.25) is 0 Å². The molecule has 5 heteroatoms. The van der Waals surface area contributed by atoms with Gasteiger partial charge in [-0.25, -0.2) is 4.79 Å². The van der Waals surface area contributed by atoms with Gasteiger partial charge in [-0.05, 0) is 19.8 Å². The van der Waals surface area contributed by atoms with Crippen molar-refractivity contribution < 1.29 is 9.53 Å². The second kappa shape index (κ2) is 5.69. The summed E-state index contributed by atoms with van der Waals surface area (Å²) in [5, 5.41) is 3.10. The third-order valence-electron chi connectivity index (χ3n) is 3.65. The predicted molar refractivity (Wildman–Crippen MR) is 65.8 cm³/mol. The Balaban J connectivity index is 1.81. The van der Waals surface area contributed by atoms with Crippen LogP contribution < -0.4 is 11.1 Å². The van der Waals surface area contributed by atoms with E-state index in [0.717, 1.165) is 12.8 Å². The van der Waals surface area contributed by atoms with Gasteiger partial charge in [0, 0.05) is 18.6 Å². The molecular formula is C12H23N3O2. The molecule has 0 aromatic heterocycles. The van der Waals surface area contributed by atoms with Crippen molar-refractivity contribution in [3.8, 4) is 0 Å². The van der Waals surface area contributed by atoms with Crippen LogP contribution in [0.3, 0.4) is 0 Å². The van der Waals surface area contributed by atoms with E-state index in [1.165, 1.54) is 12.8 Å². The maximum absolute atomic E-state index is 12.0. The highest BCUT2D eigenvalue weighted by Crippen LogP contribution is 2.18. The SMILES string of the molecule is CC(N)C1CN(C(=O)NC2CCCC2)CCO1. The van der Waals surface area contributed by atoms with Gasteiger partial charge in [-0.2, -0.15) is 0 Å². The zero-order chi connectivity index (χ0) is 12.3. The summed E-state index contributed by atoms with van der Waals surface area (Å²) in [7, 11) is 0. The van der Waals surface area contributed by atoms with E-state index >= 15 is 0 Å². The van der Waals surface area contributed by atoms with Crippen LogP contribution in [0.5, 0.6) is 0 Å². The number of rotatable bonds is 2. The Hall–Kier alpha value is -0.810. The van der Waals surface area contributed by atoms with Crippen LogP contribution in [0.4, 0.5) is 4.79 Å². The lowest BCUT2D eigenvalue weighted by atomic mass is 10.1. The molecule has 1 saturated heterocycles. The monoisotopic (exact) mass is 241 g/mol. The molecule has 5 nitrogen and oxygen atoms in total. The van der Waals surface area contributed by atoms with Crippen molar-refractivity contribution in [2.24, 2.45) is 5.73 Å². The van der Waals surface area contributed by atoms with Crippen molar-refractivity contribution in [1.82, 2.24) is 10.2 Å². The van der Waals surface area contributed by atoms with Crippen LogP contribution >= 0.6 is 0 Å². The van der Waals surface area contributed by atoms with E-state index in [-0.39, 0.29) is 18.2 Å². The fourth-order valence-electron chi connectivity index (χ4n) is 2.51. The largest absolute Gasteiger partial charge is 0.373 e. The summed E-state index contributed by atoms with van der Waals surface area (Å²) < 4.78 is 5.54. The summed E-state index contributed by atoms with van der Waals surface area (Å²) in [4.78, 5) is 13.9. The van der Waals surface area contributed by atoms with Crippen LogP contribution in [-0.4, -0.2) is 48.8 Å². The van der Waals surface area contributed by atoms with Crippen LogP contribution in [0.2, 0.25) is 0 Å². The summed E-state index contributed by atoms with van der Waals surface area (Å²) in [6.45, 7) is 3.78. The molecule has 0 aromatic rings. The standard InChI is InChI=1S/C12H23N3O2/c1-9(13)11-8-15(6-7-17-11)12(16)14-10-4-2-3-5-10/h9-11H,2-8,13H2,1H3,(H,14,16). The summed E-state index contributed by atoms with van der Waals surface area (Å²) in [6.07, 6.45) is 4.67. The molecule has 1 aliphatic carbocycles. The van der Waals surface area contributed by atoms with E-state index in [4.69, 9.17) is 10.5 Å². The maximum Gasteiger partial charge on any atom is 0.317 e. The molecule has 2 rings (SSSR count). The zero-order valence-electron chi connectivity index (χ0n) is 10.5. The lowest BCUT2D eigenvalue weighted by Gasteiger charge is -2.35. The minimum absolute atomic E-state index is 0.0296. The molecule has 17 heavy (non-hydrogen) atoms. The molecular weight excluding hydrogens is 218 g/mol. The van der Waals surface area contributed by atoms with Crippen LogP contribution in [0.25, 0.3) is 0 Å². The van der Waals surface area contributed by atoms with E-state index in [1.807, 2.05) is 11.8 Å². The van der Waals surface area contributed by atoms with Gasteiger partial charge < -0.3 is 20.7 Å². The van der Waals surface area contributed by atoms with Crippen LogP contribution in [0.1, 0.15) is 32.6 Å². The molecule has 2 fully saturated rings. The number of hydrogen-bond acceptors (Lipinski definition) is 3. The fraction of sp³-hybridized carbons (Fsp3) is 0.917. The lowest BCUT2D eigenvalue weighted by Crippen LogP contribution is -2.54. The quantitative estimate of drug-likeness (QED) is 0.747. The molecule has 0 spiro atoms. The van der Waals surface area contributed by atoms with E-state index < -0.39 is 0 Å². The van der Waals surface area contributed by atoms with Gasteiger partial charge in [0.15, 0.2) is 0 Å². The van der Waals surface area contributed by atoms with E-state index in [9.17, 15) is 4.79 Å². The Morgan fingerprint density at radius 2 is 2.18 bits per heavy atom. The average molecular weight is 241 g/mol. The van der Waals surface area contributed by atoms with Crippen LogP contribution in [0, 0.1) is 0 Å². The number of urea groups is 1. The lowest BCUT2D eigenvalue weighted by molar-refractivity contribution is -0.0240. The Labute approximate surface area is 103 Å². The smallest absolute Gasteiger partial charge is 0.317 e. The summed E-state index contributed by atoms with van der Waals surface area (Å²) in [6, 6.07) is 0.391. The highest BCUT2D eigenvalue weighted by Gasteiger charge is 2.28. The molecule has 1 saturated carbocycles. The zero-order valence-corrected chi connectivity index (χ0v) is 10.5. The molecule has 2 amide bonds. The van der Waals surface area contributed by atoms with Crippen molar-refractivity contribution in [2.75, 3.05) is 19.7 Å². The van der Waals surface area contributed by atoms with Crippen molar-refractivity contribution in [3.63, 3.8) is 0 Å². The Morgan fingerprint density at radius 1 is 1.47 bits per heavy atom. The number of ether oxygens (including phenoxy) is 1. The third kappa shape index (κ3) is 3.33. The molecule has 1 heterocycles. The van der Waals surface area contributed by atoms with Crippen molar-refractivity contribution in [1.29, 1.82) is 0 Å². The van der Waals surface area contributed by atoms with Crippen LogP contribution in [-0.2, 0) is 4.74 Å². The van der Waals surface area contributed by atoms with Gasteiger partial charge >= 0.3 is 6.03 Å². The number of nitrogens with zero attached hydrogens (tertiary/aromatic N) is 1. The molecule has 2 unspecified atom stereocenters. The van der Waals surface area contributed by atoms with Gasteiger partial charge in [0.2, 0.25) is 0 Å². The Morgan fingerprint density at radius 3 is 2.82 bits per heavy atom. The molecule has 0 radical (unpaired) electrons. The van der Waals surface area contributed by atoms with Crippen molar-refractivity contribution in [3.05, 3.63) is 0 Å². The number of amides is 2. The number of carbonyl (C=O) groups excluding carboxylic acids is 1. The highest BCUT2D eigenvalue weighted by molar-refractivity contribution is 5.74. The molecule has 0 bridgehead atoms. The maximum atomic E-state index is 12.0. The normalized spacial score (nSPS) is 28.1. The number of nitrogens with one attached hydrogen (secondary N) is 1. The second-order valence-electron chi connectivity index (χ2n) is 5.15. The topological polar surface area (TPSA) is 67.6 Å². The molecule has 98 valence electrons. The molecule has 2 aliphatic rings. The fourth-order valence-corrected chi connectivity index (χ4v) is 2.51. The van der Waals surface area contributed by atoms with Gasteiger partial charge in [-0.15, -0.1) is 0 Å². The first-order chi connectivity index (χ1) is 8.16. The minimum Gasteiger partial charge on any atom is -0.373 e. The molecule has 3 N–H and O–H groups in total. The first kappa shape index (κ1) is 12.6. The number of morpholine rings is 1. The first-order valence-electron chi connectivity index (χ1n) is 6.59. The van der Waals surface area contributed by atoms with Gasteiger partial charge in [0.25, 0.3) is 0 Å². The molecule has 2 atom stereocenters. The average Bonchev–Trinajstić information content (AvgIpc) is 2.82. The summed E-state index contributed by atoms with van der Waals surface area (Å²) in [5.41, 5.74) is 5.81. The van der Waals surface area contributed by atoms with Crippen molar-refractivity contribution >= 4 is 6.03 Å². The van der Waals surface area contributed by atoms with E-state index in [1.54, 1.807) is 0 Å². The third-order valence-corrected chi connectivity index (χ3v) is 3.65. The first-order valence-corrected chi connectivity index (χ1v) is 6.59. The Bertz CT molecular complexity index is 264. The number of hydrogen-bond donors (Lipinski definition) is 2. The highest BCUT2D eigenvalue weighted by atomic mass is 16.5. The van der Waals surface area contributed by atoms with Gasteiger partial charge in [0.05, 0.1) is 19.3 Å². The molecule has 1 aliphatic heterocycles. The van der Waals surface area contributed by atoms with E-state index in [0.29, 0.717) is 25.7 Å². The van der Waals surface area contributed by atoms with E-state index in [2.05, 4.69) is 5.32 Å².